The minimum absolute atomic E-state index is 0.256. The van der Waals surface area contributed by atoms with E-state index in [0.29, 0.717) is 28.6 Å². The Hall–Kier alpha value is -3.57. The van der Waals surface area contributed by atoms with Crippen LogP contribution in [0.1, 0.15) is 11.1 Å². The van der Waals surface area contributed by atoms with Crippen molar-refractivity contribution in [3.63, 3.8) is 0 Å². The fourth-order valence-electron chi connectivity index (χ4n) is 2.25. The van der Waals surface area contributed by atoms with Crippen LogP contribution in [0.5, 0.6) is 23.0 Å². The Labute approximate surface area is 164 Å². The van der Waals surface area contributed by atoms with Crippen LogP contribution in [0.4, 0.5) is 0 Å². The molecule has 0 aliphatic carbocycles. The Kier molecular flexibility index (Phi) is 6.44. The van der Waals surface area contributed by atoms with Crippen LogP contribution in [0, 0.1) is 22.7 Å². The Bertz CT molecular complexity index is 1030. The standard InChI is InChI=1S/C21H15N2O4P/c1-24-28(26-18-6-3-2-4-7-18)27-21-9-5-8-19(13-21)25-20-11-10-16(14-22)17(12-20)15-23/h2-13H,1H3. The van der Waals surface area contributed by atoms with E-state index >= 15 is 0 Å². The average molecular weight is 390 g/mol. The first-order valence-electron chi connectivity index (χ1n) is 8.19. The van der Waals surface area contributed by atoms with Crippen LogP contribution in [0.3, 0.4) is 0 Å². The zero-order valence-corrected chi connectivity index (χ0v) is 15.8. The molecule has 3 rings (SSSR count). The van der Waals surface area contributed by atoms with Crippen molar-refractivity contribution in [3.05, 3.63) is 83.9 Å². The zero-order chi connectivity index (χ0) is 19.8. The minimum atomic E-state index is -1.63. The van der Waals surface area contributed by atoms with E-state index in [4.69, 9.17) is 28.8 Å². The molecule has 0 N–H and O–H groups in total. The summed E-state index contributed by atoms with van der Waals surface area (Å²) in [6.45, 7) is 0. The molecule has 0 aliphatic heterocycles. The van der Waals surface area contributed by atoms with Gasteiger partial charge < -0.3 is 13.8 Å². The predicted octanol–water partition coefficient (Wildman–Crippen LogP) is 5.55. The molecule has 3 aromatic rings. The lowest BCUT2D eigenvalue weighted by Gasteiger charge is -2.16. The van der Waals surface area contributed by atoms with E-state index in [1.165, 1.54) is 13.2 Å². The monoisotopic (exact) mass is 390 g/mol. The maximum absolute atomic E-state index is 9.13. The molecule has 138 valence electrons. The van der Waals surface area contributed by atoms with Gasteiger partial charge >= 0.3 is 8.60 Å². The van der Waals surface area contributed by atoms with Gasteiger partial charge in [0.2, 0.25) is 0 Å². The summed E-state index contributed by atoms with van der Waals surface area (Å²) in [5.74, 6) is 2.11. The first-order valence-corrected chi connectivity index (χ1v) is 9.29. The molecule has 1 atom stereocenters. The second kappa shape index (κ2) is 9.39. The third-order valence-electron chi connectivity index (χ3n) is 3.53. The molecule has 0 radical (unpaired) electrons. The summed E-state index contributed by atoms with van der Waals surface area (Å²) in [5, 5.41) is 18.1. The molecule has 0 saturated heterocycles. The quantitative estimate of drug-likeness (QED) is 0.492. The molecule has 7 heteroatoms. The maximum atomic E-state index is 9.13. The SMILES string of the molecule is COP(Oc1ccccc1)Oc1cccc(Oc2ccc(C#N)c(C#N)c2)c1. The van der Waals surface area contributed by atoms with Gasteiger partial charge in [-0.25, -0.2) is 0 Å². The molecular formula is C21H15N2O4P. The Morgan fingerprint density at radius 3 is 2.04 bits per heavy atom. The van der Waals surface area contributed by atoms with Crippen LogP contribution in [-0.2, 0) is 4.52 Å². The summed E-state index contributed by atoms with van der Waals surface area (Å²) in [5.41, 5.74) is 0.558. The van der Waals surface area contributed by atoms with Crippen LogP contribution >= 0.6 is 8.60 Å². The Morgan fingerprint density at radius 2 is 1.32 bits per heavy atom. The van der Waals surface area contributed by atoms with Crippen molar-refractivity contribution in [2.24, 2.45) is 0 Å². The van der Waals surface area contributed by atoms with E-state index in [2.05, 4.69) is 0 Å². The van der Waals surface area contributed by atoms with Crippen LogP contribution in [0.25, 0.3) is 0 Å². The van der Waals surface area contributed by atoms with Gasteiger partial charge in [0.05, 0.1) is 11.1 Å². The van der Waals surface area contributed by atoms with E-state index in [0.717, 1.165) is 0 Å². The maximum Gasteiger partial charge on any atom is 0.462 e. The van der Waals surface area contributed by atoms with Gasteiger partial charge in [0.15, 0.2) is 0 Å². The van der Waals surface area contributed by atoms with Crippen molar-refractivity contribution in [2.75, 3.05) is 7.11 Å². The molecule has 0 amide bonds. The van der Waals surface area contributed by atoms with Crippen molar-refractivity contribution in [1.29, 1.82) is 10.5 Å². The van der Waals surface area contributed by atoms with Gasteiger partial charge in [-0.05, 0) is 42.5 Å². The third-order valence-corrected chi connectivity index (χ3v) is 4.54. The molecule has 0 bridgehead atoms. The molecule has 0 aromatic heterocycles. The van der Waals surface area contributed by atoms with Gasteiger partial charge in [0.1, 0.15) is 35.1 Å². The van der Waals surface area contributed by atoms with Crippen molar-refractivity contribution in [1.82, 2.24) is 0 Å². The Balaban J connectivity index is 1.71. The average Bonchev–Trinajstić information content (AvgIpc) is 2.74. The van der Waals surface area contributed by atoms with Crippen LogP contribution in [-0.4, -0.2) is 7.11 Å². The number of hydrogen-bond donors (Lipinski definition) is 0. The van der Waals surface area contributed by atoms with Crippen molar-refractivity contribution in [3.8, 4) is 35.1 Å². The second-order valence-electron chi connectivity index (χ2n) is 5.41. The lowest BCUT2D eigenvalue weighted by atomic mass is 10.1. The lowest BCUT2D eigenvalue weighted by Crippen LogP contribution is -1.97. The molecule has 28 heavy (non-hydrogen) atoms. The molecule has 3 aromatic carbocycles. The van der Waals surface area contributed by atoms with E-state index < -0.39 is 8.60 Å². The van der Waals surface area contributed by atoms with Gasteiger partial charge in [-0.2, -0.15) is 10.5 Å². The van der Waals surface area contributed by atoms with Gasteiger partial charge in [0, 0.05) is 13.2 Å². The van der Waals surface area contributed by atoms with Gasteiger partial charge in [-0.15, -0.1) is 0 Å². The van der Waals surface area contributed by atoms with Gasteiger partial charge in [-0.3, -0.25) is 4.52 Å². The van der Waals surface area contributed by atoms with Crippen LogP contribution in [0.15, 0.2) is 72.8 Å². The summed E-state index contributed by atoms with van der Waals surface area (Å²) in [6, 6.07) is 24.9. The number of para-hydroxylation sites is 1. The molecule has 0 spiro atoms. The smallest absolute Gasteiger partial charge is 0.457 e. The lowest BCUT2D eigenvalue weighted by molar-refractivity contribution is 0.322. The van der Waals surface area contributed by atoms with Gasteiger partial charge in [-0.1, -0.05) is 24.3 Å². The third kappa shape index (κ3) is 4.99. The highest BCUT2D eigenvalue weighted by Gasteiger charge is 2.15. The largest absolute Gasteiger partial charge is 0.462 e. The van der Waals surface area contributed by atoms with Gasteiger partial charge in [0.25, 0.3) is 0 Å². The van der Waals surface area contributed by atoms with Crippen LogP contribution < -0.4 is 13.8 Å². The number of nitrogens with zero attached hydrogens (tertiary/aromatic N) is 2. The summed E-state index contributed by atoms with van der Waals surface area (Å²) in [7, 11) is -0.123. The predicted molar refractivity (Wildman–Crippen MR) is 104 cm³/mol. The number of benzene rings is 3. The Morgan fingerprint density at radius 1 is 0.679 bits per heavy atom. The normalized spacial score (nSPS) is 11.0. The van der Waals surface area contributed by atoms with Crippen molar-refractivity contribution in [2.45, 2.75) is 0 Å². The first-order chi connectivity index (χ1) is 13.7. The van der Waals surface area contributed by atoms with Crippen LogP contribution in [0.2, 0.25) is 0 Å². The fraction of sp³-hybridized carbons (Fsp3) is 0.0476. The number of hydrogen-bond acceptors (Lipinski definition) is 6. The van der Waals surface area contributed by atoms with Crippen molar-refractivity contribution < 1.29 is 18.3 Å². The molecule has 0 heterocycles. The van der Waals surface area contributed by atoms with E-state index in [-0.39, 0.29) is 5.56 Å². The fourth-order valence-corrected chi connectivity index (χ4v) is 3.02. The summed E-state index contributed by atoms with van der Waals surface area (Å²) < 4.78 is 22.5. The summed E-state index contributed by atoms with van der Waals surface area (Å²) in [6.07, 6.45) is 0. The molecule has 0 saturated carbocycles. The first kappa shape index (κ1) is 19.2. The second-order valence-corrected chi connectivity index (χ2v) is 6.59. The molecule has 0 aliphatic rings. The van der Waals surface area contributed by atoms with E-state index in [1.54, 1.807) is 36.4 Å². The topological polar surface area (TPSA) is 84.5 Å². The number of ether oxygens (including phenoxy) is 1. The van der Waals surface area contributed by atoms with Crippen molar-refractivity contribution >= 4 is 8.60 Å². The zero-order valence-electron chi connectivity index (χ0n) is 14.9. The van der Waals surface area contributed by atoms with E-state index in [9.17, 15) is 0 Å². The summed E-state index contributed by atoms with van der Waals surface area (Å²) >= 11 is 0. The van der Waals surface area contributed by atoms with E-state index in [1.807, 2.05) is 42.5 Å². The number of nitriles is 2. The highest BCUT2D eigenvalue weighted by molar-refractivity contribution is 7.42. The molecule has 1 unspecified atom stereocenters. The highest BCUT2D eigenvalue weighted by Crippen LogP contribution is 2.41. The molecule has 6 nitrogen and oxygen atoms in total. The number of rotatable bonds is 7. The highest BCUT2D eigenvalue weighted by atomic mass is 31.2. The minimum Gasteiger partial charge on any atom is -0.457 e. The summed E-state index contributed by atoms with van der Waals surface area (Å²) in [4.78, 5) is 0. The molecule has 0 fully saturated rings. The molecular weight excluding hydrogens is 375 g/mol.